The summed E-state index contributed by atoms with van der Waals surface area (Å²) in [7, 11) is -3.23. The van der Waals surface area contributed by atoms with Gasteiger partial charge in [-0.25, -0.2) is 13.2 Å². The molecule has 110 valence electrons. The van der Waals surface area contributed by atoms with E-state index in [4.69, 9.17) is 5.11 Å². The van der Waals surface area contributed by atoms with Crippen molar-refractivity contribution < 1.29 is 23.1 Å². The second-order valence-electron chi connectivity index (χ2n) is 4.67. The summed E-state index contributed by atoms with van der Waals surface area (Å²) >= 11 is 1.53. The molecule has 0 aromatic carbocycles. The van der Waals surface area contributed by atoms with E-state index >= 15 is 0 Å². The van der Waals surface area contributed by atoms with Crippen molar-refractivity contribution in [2.45, 2.75) is 37.0 Å². The van der Waals surface area contributed by atoms with Crippen LogP contribution in [0.15, 0.2) is 0 Å². The van der Waals surface area contributed by atoms with Gasteiger partial charge in [-0.3, -0.25) is 4.79 Å². The number of carbonyl (C=O) groups is 2. The molecule has 1 amide bonds. The lowest BCUT2D eigenvalue weighted by atomic mass is 10.1. The Morgan fingerprint density at radius 2 is 2.11 bits per heavy atom. The average molecular weight is 309 g/mol. The number of carbonyl (C=O) groups excluding carboxylic acids is 1. The van der Waals surface area contributed by atoms with Gasteiger partial charge in [-0.05, 0) is 25.0 Å². The fraction of sp³-hybridized carbons (Fsp3) is 0.818. The summed E-state index contributed by atoms with van der Waals surface area (Å²) in [6, 6.07) is -1.13. The van der Waals surface area contributed by atoms with Gasteiger partial charge in [0.25, 0.3) is 0 Å². The third-order valence-electron chi connectivity index (χ3n) is 2.86. The van der Waals surface area contributed by atoms with Crippen molar-refractivity contribution in [3.8, 4) is 0 Å². The summed E-state index contributed by atoms with van der Waals surface area (Å²) in [5.74, 6) is -0.843. The van der Waals surface area contributed by atoms with Gasteiger partial charge in [0.05, 0.1) is 11.0 Å². The van der Waals surface area contributed by atoms with Gasteiger partial charge in [0.1, 0.15) is 15.9 Å². The minimum Gasteiger partial charge on any atom is -0.480 e. The Morgan fingerprint density at radius 3 is 2.58 bits per heavy atom. The maximum atomic E-state index is 11.9. The van der Waals surface area contributed by atoms with Crippen molar-refractivity contribution >= 4 is 33.5 Å². The molecule has 0 bridgehead atoms. The zero-order valence-electron chi connectivity index (χ0n) is 10.8. The van der Waals surface area contributed by atoms with Crippen LogP contribution in [0.1, 0.15) is 25.7 Å². The number of hydrogen-bond acceptors (Lipinski definition) is 5. The molecule has 19 heavy (non-hydrogen) atoms. The fourth-order valence-corrected chi connectivity index (χ4v) is 3.67. The van der Waals surface area contributed by atoms with E-state index in [1.54, 1.807) is 0 Å². The molecule has 1 rings (SSSR count). The van der Waals surface area contributed by atoms with Crippen LogP contribution in [0.4, 0.5) is 0 Å². The molecule has 1 heterocycles. The number of thioether (sulfide) groups is 1. The number of carboxylic acid groups (broad SMARTS) is 1. The molecule has 8 heteroatoms. The fourth-order valence-electron chi connectivity index (χ4n) is 1.80. The molecule has 1 saturated heterocycles. The van der Waals surface area contributed by atoms with E-state index in [-0.39, 0.29) is 23.3 Å². The Kier molecular flexibility index (Phi) is 6.12. The molecule has 2 atom stereocenters. The van der Waals surface area contributed by atoms with E-state index in [0.717, 1.165) is 31.3 Å². The standard InChI is InChI=1S/C11H19NO5S2/c1-19(16,17)7-5-8(11(14)15)12-10(13)9-4-2-3-6-18-9/h8-9H,2-7H2,1H3,(H,12,13)(H,14,15). The maximum absolute atomic E-state index is 11.9. The molecule has 1 aliphatic rings. The van der Waals surface area contributed by atoms with Crippen LogP contribution < -0.4 is 5.32 Å². The summed E-state index contributed by atoms with van der Waals surface area (Å²) in [6.07, 6.45) is 3.73. The van der Waals surface area contributed by atoms with E-state index in [9.17, 15) is 18.0 Å². The molecule has 0 aromatic rings. The van der Waals surface area contributed by atoms with Crippen molar-refractivity contribution in [3.05, 3.63) is 0 Å². The third-order valence-corrected chi connectivity index (χ3v) is 5.22. The van der Waals surface area contributed by atoms with Crippen LogP contribution >= 0.6 is 11.8 Å². The topological polar surface area (TPSA) is 101 Å². The second kappa shape index (κ2) is 7.14. The van der Waals surface area contributed by atoms with E-state index in [0.29, 0.717) is 0 Å². The predicted octanol–water partition coefficient (Wildman–Crippen LogP) is 0.276. The van der Waals surface area contributed by atoms with Crippen LogP contribution in [0.3, 0.4) is 0 Å². The summed E-state index contributed by atoms with van der Waals surface area (Å²) in [4.78, 5) is 22.9. The molecule has 0 aliphatic carbocycles. The smallest absolute Gasteiger partial charge is 0.326 e. The number of nitrogens with one attached hydrogen (secondary N) is 1. The SMILES string of the molecule is CS(=O)(=O)CCC(NC(=O)C1CCCCS1)C(=O)O. The van der Waals surface area contributed by atoms with Gasteiger partial charge in [0, 0.05) is 6.26 Å². The molecular weight excluding hydrogens is 290 g/mol. The van der Waals surface area contributed by atoms with Crippen molar-refractivity contribution in [2.24, 2.45) is 0 Å². The molecule has 6 nitrogen and oxygen atoms in total. The average Bonchev–Trinajstić information content (AvgIpc) is 2.33. The van der Waals surface area contributed by atoms with Crippen LogP contribution in [0.25, 0.3) is 0 Å². The van der Waals surface area contributed by atoms with Crippen LogP contribution in [0.2, 0.25) is 0 Å². The van der Waals surface area contributed by atoms with Crippen LogP contribution in [0.5, 0.6) is 0 Å². The first-order chi connectivity index (χ1) is 8.79. The number of sulfone groups is 1. The van der Waals surface area contributed by atoms with E-state index in [2.05, 4.69) is 5.32 Å². The van der Waals surface area contributed by atoms with E-state index < -0.39 is 21.8 Å². The highest BCUT2D eigenvalue weighted by molar-refractivity contribution is 8.00. The first kappa shape index (κ1) is 16.3. The lowest BCUT2D eigenvalue weighted by Gasteiger charge is -2.22. The molecular formula is C11H19NO5S2. The monoisotopic (exact) mass is 309 g/mol. The van der Waals surface area contributed by atoms with Gasteiger partial charge in [-0.15, -0.1) is 11.8 Å². The van der Waals surface area contributed by atoms with E-state index in [1.165, 1.54) is 11.8 Å². The molecule has 0 radical (unpaired) electrons. The van der Waals surface area contributed by atoms with Crippen LogP contribution in [-0.4, -0.2) is 54.5 Å². The van der Waals surface area contributed by atoms with Gasteiger partial charge >= 0.3 is 5.97 Å². The second-order valence-corrected chi connectivity index (χ2v) is 8.24. The molecule has 1 fully saturated rings. The molecule has 2 N–H and O–H groups in total. The lowest BCUT2D eigenvalue weighted by Crippen LogP contribution is -2.45. The van der Waals surface area contributed by atoms with Crippen molar-refractivity contribution in [1.82, 2.24) is 5.32 Å². The van der Waals surface area contributed by atoms with Crippen LogP contribution in [-0.2, 0) is 19.4 Å². The van der Waals surface area contributed by atoms with Gasteiger partial charge in [0.15, 0.2) is 0 Å². The first-order valence-corrected chi connectivity index (χ1v) is 9.23. The minimum atomic E-state index is -3.23. The van der Waals surface area contributed by atoms with E-state index in [1.807, 2.05) is 0 Å². The quantitative estimate of drug-likeness (QED) is 0.731. The summed E-state index contributed by atoms with van der Waals surface area (Å²) in [5, 5.41) is 11.2. The van der Waals surface area contributed by atoms with Crippen molar-refractivity contribution in [3.63, 3.8) is 0 Å². The third kappa shape index (κ3) is 6.29. The Morgan fingerprint density at radius 1 is 1.42 bits per heavy atom. The highest BCUT2D eigenvalue weighted by Crippen LogP contribution is 2.25. The minimum absolute atomic E-state index is 0.0999. The number of rotatable bonds is 6. The number of amides is 1. The molecule has 1 aliphatic heterocycles. The molecule has 0 spiro atoms. The molecule has 0 saturated carbocycles. The maximum Gasteiger partial charge on any atom is 0.326 e. The van der Waals surface area contributed by atoms with Gasteiger partial charge in [-0.1, -0.05) is 6.42 Å². The number of hydrogen-bond donors (Lipinski definition) is 2. The normalized spacial score (nSPS) is 21.6. The zero-order valence-corrected chi connectivity index (χ0v) is 12.4. The Hall–Kier alpha value is -0.760. The predicted molar refractivity (Wildman–Crippen MR) is 74.0 cm³/mol. The zero-order chi connectivity index (χ0) is 14.5. The largest absolute Gasteiger partial charge is 0.480 e. The first-order valence-electron chi connectivity index (χ1n) is 6.12. The number of carboxylic acids is 1. The Bertz CT molecular complexity index is 428. The number of aliphatic carboxylic acids is 1. The molecule has 2 unspecified atom stereocenters. The highest BCUT2D eigenvalue weighted by atomic mass is 32.2. The van der Waals surface area contributed by atoms with Crippen molar-refractivity contribution in [1.29, 1.82) is 0 Å². The van der Waals surface area contributed by atoms with Gasteiger partial charge in [0.2, 0.25) is 5.91 Å². The Labute approximate surface area is 117 Å². The van der Waals surface area contributed by atoms with Gasteiger partial charge in [-0.2, -0.15) is 0 Å². The lowest BCUT2D eigenvalue weighted by molar-refractivity contribution is -0.141. The van der Waals surface area contributed by atoms with Crippen molar-refractivity contribution in [2.75, 3.05) is 17.8 Å². The molecule has 0 aromatic heterocycles. The summed E-state index contributed by atoms with van der Waals surface area (Å²) < 4.78 is 22.1. The summed E-state index contributed by atoms with van der Waals surface area (Å²) in [5.41, 5.74) is 0. The highest BCUT2D eigenvalue weighted by Gasteiger charge is 2.27. The Balaban J connectivity index is 2.52. The summed E-state index contributed by atoms with van der Waals surface area (Å²) in [6.45, 7) is 0. The van der Waals surface area contributed by atoms with Crippen LogP contribution in [0, 0.1) is 0 Å². The van der Waals surface area contributed by atoms with Gasteiger partial charge < -0.3 is 10.4 Å².